The zero-order valence-corrected chi connectivity index (χ0v) is 13.1. The highest BCUT2D eigenvalue weighted by Gasteiger charge is 2.33. The Hall–Kier alpha value is -1.42. The Morgan fingerprint density at radius 1 is 1.38 bits per heavy atom. The third-order valence-corrected chi connectivity index (χ3v) is 4.32. The van der Waals surface area contributed by atoms with E-state index < -0.39 is 0 Å². The number of rotatable bonds is 6. The summed E-state index contributed by atoms with van der Waals surface area (Å²) in [7, 11) is 0. The van der Waals surface area contributed by atoms with Crippen LogP contribution in [0.1, 0.15) is 38.8 Å². The van der Waals surface area contributed by atoms with E-state index in [4.69, 9.17) is 0 Å². The van der Waals surface area contributed by atoms with Crippen molar-refractivity contribution in [3.05, 3.63) is 35.6 Å². The monoisotopic (exact) mass is 292 g/mol. The van der Waals surface area contributed by atoms with Crippen molar-refractivity contribution in [2.24, 2.45) is 11.8 Å². The lowest BCUT2D eigenvalue weighted by Crippen LogP contribution is -2.36. The number of halogens is 1. The fourth-order valence-electron chi connectivity index (χ4n) is 2.92. The molecular formula is C17H25FN2O. The maximum absolute atomic E-state index is 14.0. The summed E-state index contributed by atoms with van der Waals surface area (Å²) >= 11 is 0. The molecule has 0 radical (unpaired) electrons. The van der Waals surface area contributed by atoms with E-state index in [9.17, 15) is 9.18 Å². The van der Waals surface area contributed by atoms with E-state index in [1.807, 2.05) is 17.9 Å². The van der Waals surface area contributed by atoms with Gasteiger partial charge in [-0.2, -0.15) is 0 Å². The summed E-state index contributed by atoms with van der Waals surface area (Å²) in [5, 5.41) is 3.30. The van der Waals surface area contributed by atoms with Gasteiger partial charge in [0.1, 0.15) is 5.82 Å². The van der Waals surface area contributed by atoms with Crippen molar-refractivity contribution in [3.8, 4) is 0 Å². The molecule has 1 aromatic rings. The lowest BCUT2D eigenvalue weighted by Gasteiger charge is -2.26. The Kier molecular flexibility index (Phi) is 5.34. The van der Waals surface area contributed by atoms with Crippen molar-refractivity contribution < 1.29 is 9.18 Å². The second kappa shape index (κ2) is 7.03. The fraction of sp³-hybridized carbons (Fsp3) is 0.588. The molecule has 21 heavy (non-hydrogen) atoms. The van der Waals surface area contributed by atoms with Gasteiger partial charge in [-0.25, -0.2) is 4.39 Å². The summed E-state index contributed by atoms with van der Waals surface area (Å²) in [6, 6.07) is 6.65. The predicted octanol–water partition coefficient (Wildman–Crippen LogP) is 2.98. The van der Waals surface area contributed by atoms with Crippen molar-refractivity contribution >= 4 is 5.91 Å². The molecule has 2 unspecified atom stereocenters. The van der Waals surface area contributed by atoms with Gasteiger partial charge in [0, 0.05) is 25.1 Å². The number of nitrogens with one attached hydrogen (secondary N) is 1. The van der Waals surface area contributed by atoms with Gasteiger partial charge in [0.15, 0.2) is 0 Å². The Morgan fingerprint density at radius 3 is 2.67 bits per heavy atom. The van der Waals surface area contributed by atoms with Gasteiger partial charge >= 0.3 is 0 Å². The van der Waals surface area contributed by atoms with Crippen LogP contribution in [0.4, 0.5) is 4.39 Å². The Balaban J connectivity index is 2.10. The molecule has 0 spiro atoms. The van der Waals surface area contributed by atoms with Crippen LogP contribution in [0.3, 0.4) is 0 Å². The average Bonchev–Trinajstić information content (AvgIpc) is 2.81. The van der Waals surface area contributed by atoms with Crippen molar-refractivity contribution in [1.29, 1.82) is 0 Å². The van der Waals surface area contributed by atoms with Gasteiger partial charge in [-0.05, 0) is 24.4 Å². The van der Waals surface area contributed by atoms with Crippen LogP contribution in [0.2, 0.25) is 0 Å². The van der Waals surface area contributed by atoms with Crippen molar-refractivity contribution in [2.45, 2.75) is 33.2 Å². The van der Waals surface area contributed by atoms with Crippen LogP contribution in [0, 0.1) is 17.7 Å². The highest BCUT2D eigenvalue weighted by molar-refractivity contribution is 5.78. The molecule has 0 aliphatic carbocycles. The number of amides is 1. The molecule has 1 aliphatic rings. The summed E-state index contributed by atoms with van der Waals surface area (Å²) in [5.41, 5.74) is 0.639. The molecule has 1 N–H and O–H groups in total. The predicted molar refractivity (Wildman–Crippen MR) is 82.3 cm³/mol. The standard InChI is InChI=1S/C17H25FN2O/c1-4-19-16(14-7-5-6-8-15(14)18)11-20-10-13(12(2)3)9-17(20)21/h5-8,12-13,16,19H,4,9-11H2,1-3H3. The largest absolute Gasteiger partial charge is 0.340 e. The third kappa shape index (κ3) is 3.82. The van der Waals surface area contributed by atoms with Gasteiger partial charge in [-0.3, -0.25) is 4.79 Å². The van der Waals surface area contributed by atoms with E-state index in [0.717, 1.165) is 13.1 Å². The van der Waals surface area contributed by atoms with Crippen LogP contribution in [0.5, 0.6) is 0 Å². The number of nitrogens with zero attached hydrogens (tertiary/aromatic N) is 1. The van der Waals surface area contributed by atoms with Gasteiger partial charge < -0.3 is 10.2 Å². The summed E-state index contributed by atoms with van der Waals surface area (Å²) < 4.78 is 14.0. The van der Waals surface area contributed by atoms with Crippen LogP contribution in [-0.2, 0) is 4.79 Å². The number of carbonyl (C=O) groups excluding carboxylic acids is 1. The highest BCUT2D eigenvalue weighted by atomic mass is 19.1. The molecule has 1 aromatic carbocycles. The molecule has 0 bridgehead atoms. The second-order valence-electron chi connectivity index (χ2n) is 6.14. The number of carbonyl (C=O) groups is 1. The number of benzene rings is 1. The molecule has 4 heteroatoms. The molecule has 0 saturated carbocycles. The van der Waals surface area contributed by atoms with Gasteiger partial charge in [-0.15, -0.1) is 0 Å². The van der Waals surface area contributed by atoms with Crippen molar-refractivity contribution in [3.63, 3.8) is 0 Å². The third-order valence-electron chi connectivity index (χ3n) is 4.32. The molecule has 2 rings (SSSR count). The van der Waals surface area contributed by atoms with Crippen LogP contribution in [0.15, 0.2) is 24.3 Å². The average molecular weight is 292 g/mol. The van der Waals surface area contributed by atoms with Crippen LogP contribution in [-0.4, -0.2) is 30.4 Å². The molecule has 0 aromatic heterocycles. The minimum Gasteiger partial charge on any atom is -0.340 e. The Morgan fingerprint density at radius 2 is 2.10 bits per heavy atom. The maximum Gasteiger partial charge on any atom is 0.222 e. The summed E-state index contributed by atoms with van der Waals surface area (Å²) in [5.74, 6) is 0.897. The number of hydrogen-bond acceptors (Lipinski definition) is 2. The first-order chi connectivity index (χ1) is 10.0. The van der Waals surface area contributed by atoms with Gasteiger partial charge in [0.25, 0.3) is 0 Å². The van der Waals surface area contributed by atoms with Gasteiger partial charge in [0.05, 0.1) is 6.04 Å². The quantitative estimate of drug-likeness (QED) is 0.874. The highest BCUT2D eigenvalue weighted by Crippen LogP contribution is 2.27. The lowest BCUT2D eigenvalue weighted by atomic mass is 9.95. The van der Waals surface area contributed by atoms with Crippen LogP contribution < -0.4 is 5.32 Å². The van der Waals surface area contributed by atoms with Crippen molar-refractivity contribution in [1.82, 2.24) is 10.2 Å². The minimum atomic E-state index is -0.212. The van der Waals surface area contributed by atoms with Gasteiger partial charge in [-0.1, -0.05) is 39.0 Å². The van der Waals surface area contributed by atoms with E-state index >= 15 is 0 Å². The Bertz CT molecular complexity index is 489. The SMILES string of the molecule is CCNC(CN1CC(C(C)C)CC1=O)c1ccccc1F. The molecule has 1 aliphatic heterocycles. The first kappa shape index (κ1) is 16.0. The molecule has 1 saturated heterocycles. The number of likely N-dealkylation sites (tertiary alicyclic amines) is 1. The van der Waals surface area contributed by atoms with E-state index in [0.29, 0.717) is 30.4 Å². The maximum atomic E-state index is 14.0. The molecule has 3 nitrogen and oxygen atoms in total. The summed E-state index contributed by atoms with van der Waals surface area (Å²) in [6.07, 6.45) is 0.619. The van der Waals surface area contributed by atoms with Crippen LogP contribution in [0.25, 0.3) is 0 Å². The van der Waals surface area contributed by atoms with E-state index in [1.165, 1.54) is 6.07 Å². The Labute approximate surface area is 126 Å². The minimum absolute atomic E-state index is 0.147. The van der Waals surface area contributed by atoms with E-state index in [2.05, 4.69) is 19.2 Å². The number of likely N-dealkylation sites (N-methyl/N-ethyl adjacent to an activating group) is 1. The smallest absolute Gasteiger partial charge is 0.222 e. The van der Waals surface area contributed by atoms with Crippen LogP contribution >= 0.6 is 0 Å². The molecular weight excluding hydrogens is 267 g/mol. The number of hydrogen-bond donors (Lipinski definition) is 1. The van der Waals surface area contributed by atoms with Gasteiger partial charge in [0.2, 0.25) is 5.91 Å². The molecule has 1 heterocycles. The molecule has 1 amide bonds. The molecule has 116 valence electrons. The first-order valence-corrected chi connectivity index (χ1v) is 7.78. The van der Waals surface area contributed by atoms with Crippen molar-refractivity contribution in [2.75, 3.05) is 19.6 Å². The zero-order valence-electron chi connectivity index (χ0n) is 13.1. The summed E-state index contributed by atoms with van der Waals surface area (Å²) in [6.45, 7) is 8.37. The topological polar surface area (TPSA) is 32.3 Å². The lowest BCUT2D eigenvalue weighted by molar-refractivity contribution is -0.128. The normalized spacial score (nSPS) is 20.3. The zero-order chi connectivity index (χ0) is 15.4. The van der Waals surface area contributed by atoms with E-state index in [1.54, 1.807) is 12.1 Å². The molecule has 2 atom stereocenters. The van der Waals surface area contributed by atoms with E-state index in [-0.39, 0.29) is 17.8 Å². The molecule has 1 fully saturated rings. The fourth-order valence-corrected chi connectivity index (χ4v) is 2.92. The first-order valence-electron chi connectivity index (χ1n) is 7.78. The second-order valence-corrected chi connectivity index (χ2v) is 6.14. The summed E-state index contributed by atoms with van der Waals surface area (Å²) in [4.78, 5) is 14.0.